The Hall–Kier alpha value is -1.13. The highest BCUT2D eigenvalue weighted by Gasteiger charge is 2.15. The smallest absolute Gasteiger partial charge is 0.213 e. The number of rotatable bonds is 6. The number of aryl methyl sites for hydroxylation is 1. The largest absolute Gasteiger partial charge is 0.477 e. The lowest BCUT2D eigenvalue weighted by Gasteiger charge is -2.22. The lowest BCUT2D eigenvalue weighted by molar-refractivity contribution is 0.0490. The van der Waals surface area contributed by atoms with Crippen LogP contribution in [-0.4, -0.2) is 29.9 Å². The number of aliphatic hydroxyl groups excluding tert-OH is 1. The second kappa shape index (κ2) is 7.46. The van der Waals surface area contributed by atoms with Crippen molar-refractivity contribution in [2.24, 2.45) is 5.92 Å². The Balaban J connectivity index is 1.95. The van der Waals surface area contributed by atoms with E-state index in [0.29, 0.717) is 18.4 Å². The van der Waals surface area contributed by atoms with Gasteiger partial charge in [0.1, 0.15) is 0 Å². The molecule has 2 rings (SSSR count). The van der Waals surface area contributed by atoms with Crippen LogP contribution < -0.4 is 4.74 Å². The zero-order valence-electron chi connectivity index (χ0n) is 11.6. The van der Waals surface area contributed by atoms with Crippen molar-refractivity contribution in [1.82, 2.24) is 4.98 Å². The summed E-state index contributed by atoms with van der Waals surface area (Å²) in [5, 5.41) is 9.27. The number of pyridine rings is 1. The van der Waals surface area contributed by atoms with Crippen LogP contribution in [0.4, 0.5) is 0 Å². The molecule has 4 heteroatoms. The molecule has 0 radical (unpaired) electrons. The van der Waals surface area contributed by atoms with Crippen LogP contribution in [0.25, 0.3) is 0 Å². The Morgan fingerprint density at radius 1 is 1.37 bits per heavy atom. The third kappa shape index (κ3) is 4.48. The molecule has 1 aliphatic heterocycles. The van der Waals surface area contributed by atoms with E-state index in [-0.39, 0.29) is 6.61 Å². The van der Waals surface area contributed by atoms with Gasteiger partial charge in [-0.15, -0.1) is 0 Å². The van der Waals surface area contributed by atoms with Gasteiger partial charge in [0.05, 0.1) is 13.2 Å². The monoisotopic (exact) mass is 265 g/mol. The highest BCUT2D eigenvalue weighted by atomic mass is 16.5. The van der Waals surface area contributed by atoms with Crippen LogP contribution in [0, 0.1) is 5.92 Å². The van der Waals surface area contributed by atoms with E-state index >= 15 is 0 Å². The van der Waals surface area contributed by atoms with Gasteiger partial charge in [0.2, 0.25) is 5.88 Å². The van der Waals surface area contributed by atoms with E-state index in [1.807, 2.05) is 12.1 Å². The molecule has 19 heavy (non-hydrogen) atoms. The molecule has 4 nitrogen and oxygen atoms in total. The number of aliphatic hydroxyl groups is 1. The van der Waals surface area contributed by atoms with Gasteiger partial charge in [-0.05, 0) is 36.8 Å². The number of hydrogen-bond donors (Lipinski definition) is 1. The van der Waals surface area contributed by atoms with Crippen molar-refractivity contribution in [2.45, 2.75) is 39.2 Å². The summed E-state index contributed by atoms with van der Waals surface area (Å²) in [6.07, 6.45) is 4.08. The van der Waals surface area contributed by atoms with Gasteiger partial charge in [-0.25, -0.2) is 4.98 Å². The quantitative estimate of drug-likeness (QED) is 0.857. The van der Waals surface area contributed by atoms with Crippen molar-refractivity contribution in [2.75, 3.05) is 19.8 Å². The number of aromatic nitrogens is 1. The van der Waals surface area contributed by atoms with Gasteiger partial charge >= 0.3 is 0 Å². The normalized spacial score (nSPS) is 16.5. The average molecular weight is 265 g/mol. The summed E-state index contributed by atoms with van der Waals surface area (Å²) < 4.78 is 11.1. The molecule has 106 valence electrons. The second-order valence-corrected chi connectivity index (χ2v) is 5.08. The third-order valence-electron chi connectivity index (χ3n) is 3.41. The Kier molecular flexibility index (Phi) is 5.61. The average Bonchev–Trinajstić information content (AvgIpc) is 2.46. The highest BCUT2D eigenvalue weighted by Crippen LogP contribution is 2.18. The molecule has 1 aliphatic rings. The minimum absolute atomic E-state index is 0.0346. The van der Waals surface area contributed by atoms with E-state index in [2.05, 4.69) is 11.9 Å². The van der Waals surface area contributed by atoms with Crippen molar-refractivity contribution >= 4 is 0 Å². The van der Waals surface area contributed by atoms with E-state index in [1.165, 1.54) is 0 Å². The lowest BCUT2D eigenvalue weighted by atomic mass is 10.0. The first-order valence-electron chi connectivity index (χ1n) is 7.13. The van der Waals surface area contributed by atoms with Crippen LogP contribution in [0.2, 0.25) is 0 Å². The Morgan fingerprint density at radius 3 is 2.84 bits per heavy atom. The standard InChI is InChI=1S/C15H23NO3/c1-2-3-14-8-13(10-17)9-15(16-14)19-11-12-4-6-18-7-5-12/h8-9,12,17H,2-7,10-11H2,1H3. The van der Waals surface area contributed by atoms with E-state index in [9.17, 15) is 5.11 Å². The summed E-state index contributed by atoms with van der Waals surface area (Å²) in [5.74, 6) is 1.20. The molecule has 0 aromatic carbocycles. The maximum Gasteiger partial charge on any atom is 0.213 e. The molecular formula is C15H23NO3. The fourth-order valence-corrected chi connectivity index (χ4v) is 2.29. The number of ether oxygens (including phenoxy) is 2. The van der Waals surface area contributed by atoms with E-state index in [1.54, 1.807) is 0 Å². The minimum atomic E-state index is 0.0346. The van der Waals surface area contributed by atoms with Gasteiger partial charge in [0, 0.05) is 25.0 Å². The van der Waals surface area contributed by atoms with E-state index in [4.69, 9.17) is 9.47 Å². The first kappa shape index (κ1) is 14.3. The molecule has 1 aromatic rings. The van der Waals surface area contributed by atoms with E-state index in [0.717, 1.165) is 50.2 Å². The Labute approximate surface area is 114 Å². The summed E-state index contributed by atoms with van der Waals surface area (Å²) in [6, 6.07) is 3.78. The Morgan fingerprint density at radius 2 is 2.16 bits per heavy atom. The summed E-state index contributed by atoms with van der Waals surface area (Å²) in [4.78, 5) is 4.49. The van der Waals surface area contributed by atoms with Crippen LogP contribution in [0.3, 0.4) is 0 Å². The molecule has 0 aliphatic carbocycles. The third-order valence-corrected chi connectivity index (χ3v) is 3.41. The molecule has 0 bridgehead atoms. The Bertz CT molecular complexity index is 389. The lowest BCUT2D eigenvalue weighted by Crippen LogP contribution is -2.21. The molecule has 0 saturated carbocycles. The summed E-state index contributed by atoms with van der Waals surface area (Å²) in [7, 11) is 0. The second-order valence-electron chi connectivity index (χ2n) is 5.08. The first-order valence-corrected chi connectivity index (χ1v) is 7.13. The zero-order chi connectivity index (χ0) is 13.5. The van der Waals surface area contributed by atoms with Crippen LogP contribution >= 0.6 is 0 Å². The van der Waals surface area contributed by atoms with Gasteiger partial charge in [-0.1, -0.05) is 13.3 Å². The molecule has 0 amide bonds. The van der Waals surface area contributed by atoms with Crippen molar-refractivity contribution in [3.05, 3.63) is 23.4 Å². The summed E-state index contributed by atoms with van der Waals surface area (Å²) >= 11 is 0. The molecule has 1 aromatic heterocycles. The van der Waals surface area contributed by atoms with Crippen molar-refractivity contribution in [3.8, 4) is 5.88 Å². The SMILES string of the molecule is CCCc1cc(CO)cc(OCC2CCOCC2)n1. The molecular weight excluding hydrogens is 242 g/mol. The molecule has 1 N–H and O–H groups in total. The molecule has 1 fully saturated rings. The minimum Gasteiger partial charge on any atom is -0.477 e. The van der Waals surface area contributed by atoms with Gasteiger partial charge in [-0.2, -0.15) is 0 Å². The van der Waals surface area contributed by atoms with Gasteiger partial charge in [-0.3, -0.25) is 0 Å². The maximum absolute atomic E-state index is 9.27. The predicted octanol–water partition coefficient (Wildman–Crippen LogP) is 2.33. The molecule has 0 spiro atoms. The predicted molar refractivity (Wildman–Crippen MR) is 73.2 cm³/mol. The molecule has 1 saturated heterocycles. The summed E-state index contributed by atoms with van der Waals surface area (Å²) in [5.41, 5.74) is 1.87. The van der Waals surface area contributed by atoms with Crippen molar-refractivity contribution in [3.63, 3.8) is 0 Å². The topological polar surface area (TPSA) is 51.6 Å². The number of hydrogen-bond acceptors (Lipinski definition) is 4. The fraction of sp³-hybridized carbons (Fsp3) is 0.667. The van der Waals surface area contributed by atoms with Gasteiger partial charge in [0.25, 0.3) is 0 Å². The van der Waals surface area contributed by atoms with Crippen LogP contribution in [0.5, 0.6) is 5.88 Å². The molecule has 2 heterocycles. The van der Waals surface area contributed by atoms with Crippen LogP contribution in [0.1, 0.15) is 37.4 Å². The molecule has 0 unspecified atom stereocenters. The van der Waals surface area contributed by atoms with Gasteiger partial charge < -0.3 is 14.6 Å². The zero-order valence-corrected chi connectivity index (χ0v) is 11.6. The number of nitrogens with zero attached hydrogens (tertiary/aromatic N) is 1. The van der Waals surface area contributed by atoms with Crippen LogP contribution in [0.15, 0.2) is 12.1 Å². The van der Waals surface area contributed by atoms with Crippen LogP contribution in [-0.2, 0) is 17.8 Å². The fourth-order valence-electron chi connectivity index (χ4n) is 2.29. The maximum atomic E-state index is 9.27. The van der Waals surface area contributed by atoms with Crippen molar-refractivity contribution in [1.29, 1.82) is 0 Å². The highest BCUT2D eigenvalue weighted by molar-refractivity contribution is 5.24. The van der Waals surface area contributed by atoms with Crippen molar-refractivity contribution < 1.29 is 14.6 Å². The van der Waals surface area contributed by atoms with E-state index < -0.39 is 0 Å². The first-order chi connectivity index (χ1) is 9.31. The molecule has 0 atom stereocenters. The summed E-state index contributed by atoms with van der Waals surface area (Å²) in [6.45, 7) is 4.51. The van der Waals surface area contributed by atoms with Gasteiger partial charge in [0.15, 0.2) is 0 Å².